The van der Waals surface area contributed by atoms with Gasteiger partial charge in [0.15, 0.2) is 0 Å². The minimum Gasteiger partial charge on any atom is -0.495 e. The quantitative estimate of drug-likeness (QED) is 0.753. The highest BCUT2D eigenvalue weighted by Crippen LogP contribution is 2.54. The molecule has 2 aromatic carbocycles. The predicted molar refractivity (Wildman–Crippen MR) is 90.8 cm³/mol. The predicted octanol–water partition coefficient (Wildman–Crippen LogP) is 5.31. The molecule has 1 aliphatic carbocycles. The van der Waals surface area contributed by atoms with Gasteiger partial charge in [0.1, 0.15) is 11.6 Å². The molecule has 2 nitrogen and oxygen atoms in total. The first-order chi connectivity index (χ1) is 11.2. The zero-order valence-electron chi connectivity index (χ0n) is 12.7. The third-order valence-corrected chi connectivity index (χ3v) is 5.21. The van der Waals surface area contributed by atoms with Crippen LogP contribution in [0.25, 0.3) is 0 Å². The molecule has 0 bridgehead atoms. The van der Waals surface area contributed by atoms with E-state index in [1.54, 1.807) is 7.11 Å². The van der Waals surface area contributed by atoms with E-state index in [4.69, 9.17) is 16.3 Å². The largest absolute Gasteiger partial charge is 0.495 e. The van der Waals surface area contributed by atoms with Crippen LogP contribution in [0, 0.1) is 11.7 Å². The summed E-state index contributed by atoms with van der Waals surface area (Å²) >= 11 is 6.47. The third kappa shape index (κ3) is 2.31. The van der Waals surface area contributed by atoms with Gasteiger partial charge in [-0.3, -0.25) is 0 Å². The summed E-state index contributed by atoms with van der Waals surface area (Å²) in [4.78, 5) is 0. The van der Waals surface area contributed by atoms with Crippen LogP contribution in [0.15, 0.2) is 48.6 Å². The lowest BCUT2D eigenvalue weighted by atomic mass is 9.77. The summed E-state index contributed by atoms with van der Waals surface area (Å²) in [6.07, 6.45) is 5.41. The number of hydrogen-bond acceptors (Lipinski definition) is 2. The second-order valence-corrected chi connectivity index (χ2v) is 6.47. The van der Waals surface area contributed by atoms with Gasteiger partial charge in [-0.05, 0) is 42.2 Å². The Morgan fingerprint density at radius 3 is 2.70 bits per heavy atom. The number of hydrogen-bond donors (Lipinski definition) is 1. The van der Waals surface area contributed by atoms with Crippen LogP contribution in [0.4, 0.5) is 10.1 Å². The van der Waals surface area contributed by atoms with Crippen LogP contribution >= 0.6 is 11.6 Å². The van der Waals surface area contributed by atoms with Crippen LogP contribution in [-0.2, 0) is 0 Å². The minimum absolute atomic E-state index is 0.107. The zero-order chi connectivity index (χ0) is 16.0. The third-order valence-electron chi connectivity index (χ3n) is 4.88. The zero-order valence-corrected chi connectivity index (χ0v) is 13.5. The number of ether oxygens (including phenoxy) is 1. The van der Waals surface area contributed by atoms with Gasteiger partial charge in [-0.1, -0.05) is 35.9 Å². The molecule has 118 valence electrons. The van der Waals surface area contributed by atoms with Gasteiger partial charge in [-0.25, -0.2) is 4.39 Å². The number of allylic oxidation sites excluding steroid dienone is 2. The molecule has 1 N–H and O–H groups in total. The Kier molecular flexibility index (Phi) is 3.53. The molecule has 2 aromatic rings. The molecule has 0 amide bonds. The van der Waals surface area contributed by atoms with Crippen molar-refractivity contribution in [3.8, 4) is 5.75 Å². The fourth-order valence-corrected chi connectivity index (χ4v) is 4.09. The van der Waals surface area contributed by atoms with E-state index in [0.29, 0.717) is 5.92 Å². The Morgan fingerprint density at radius 1 is 1.17 bits per heavy atom. The molecule has 0 saturated carbocycles. The van der Waals surface area contributed by atoms with Crippen molar-refractivity contribution in [1.29, 1.82) is 0 Å². The lowest BCUT2D eigenvalue weighted by Crippen LogP contribution is -2.29. The highest BCUT2D eigenvalue weighted by molar-refractivity contribution is 6.32. The number of benzene rings is 2. The van der Waals surface area contributed by atoms with E-state index in [2.05, 4.69) is 17.5 Å². The summed E-state index contributed by atoms with van der Waals surface area (Å²) in [7, 11) is 1.66. The van der Waals surface area contributed by atoms with Crippen molar-refractivity contribution in [2.75, 3.05) is 12.4 Å². The molecule has 1 aliphatic heterocycles. The van der Waals surface area contributed by atoms with Crippen LogP contribution in [0.1, 0.15) is 29.5 Å². The molecule has 4 heteroatoms. The number of anilines is 1. The van der Waals surface area contributed by atoms with E-state index in [1.807, 2.05) is 24.3 Å². The molecular formula is C19H17ClFNO. The van der Waals surface area contributed by atoms with Crippen LogP contribution in [0.3, 0.4) is 0 Å². The second kappa shape index (κ2) is 5.57. The van der Waals surface area contributed by atoms with Gasteiger partial charge >= 0.3 is 0 Å². The first-order valence-corrected chi connectivity index (χ1v) is 8.12. The number of halogens is 2. The summed E-state index contributed by atoms with van der Waals surface area (Å²) < 4.78 is 18.8. The van der Waals surface area contributed by atoms with Crippen LogP contribution in [0.5, 0.6) is 5.75 Å². The Labute approximate surface area is 139 Å². The molecular weight excluding hydrogens is 313 g/mol. The lowest BCUT2D eigenvalue weighted by Gasteiger charge is -2.38. The van der Waals surface area contributed by atoms with Crippen molar-refractivity contribution in [2.24, 2.45) is 5.92 Å². The standard InChI is InChI=1S/C19H17ClFNO/c1-23-16-10-9-15(20)17-13-3-2-4-14(13)18(22-19(16)17)11-5-7-12(21)8-6-11/h2-3,5-10,13-14,18,22H,4H2,1H3/t13-,14+,18-/m0/s1. The normalized spacial score (nSPS) is 24.7. The molecule has 0 spiro atoms. The fourth-order valence-electron chi connectivity index (χ4n) is 3.81. The topological polar surface area (TPSA) is 21.3 Å². The molecule has 3 atom stereocenters. The number of nitrogens with one attached hydrogen (secondary N) is 1. The lowest BCUT2D eigenvalue weighted by molar-refractivity contribution is 0.397. The summed E-state index contributed by atoms with van der Waals surface area (Å²) in [5, 5.41) is 4.35. The summed E-state index contributed by atoms with van der Waals surface area (Å²) in [6.45, 7) is 0. The summed E-state index contributed by atoms with van der Waals surface area (Å²) in [5.41, 5.74) is 3.13. The van der Waals surface area contributed by atoms with E-state index in [1.165, 1.54) is 12.1 Å². The molecule has 0 unspecified atom stereocenters. The fraction of sp³-hybridized carbons (Fsp3) is 0.263. The van der Waals surface area contributed by atoms with E-state index < -0.39 is 0 Å². The molecule has 1 heterocycles. The van der Waals surface area contributed by atoms with Gasteiger partial charge in [0.05, 0.1) is 18.8 Å². The molecule has 0 aromatic heterocycles. The monoisotopic (exact) mass is 329 g/mol. The van der Waals surface area contributed by atoms with Crippen LogP contribution in [0.2, 0.25) is 5.02 Å². The van der Waals surface area contributed by atoms with E-state index >= 15 is 0 Å². The van der Waals surface area contributed by atoms with Crippen molar-refractivity contribution in [2.45, 2.75) is 18.4 Å². The SMILES string of the molecule is COc1ccc(Cl)c2c1N[C@@H](c1ccc(F)cc1)[C@@H]1CC=C[C@H]21. The van der Waals surface area contributed by atoms with Crippen molar-refractivity contribution in [3.05, 3.63) is 70.5 Å². The van der Waals surface area contributed by atoms with E-state index in [9.17, 15) is 4.39 Å². The minimum atomic E-state index is -0.216. The van der Waals surface area contributed by atoms with Gasteiger partial charge in [-0.2, -0.15) is 0 Å². The van der Waals surface area contributed by atoms with Crippen molar-refractivity contribution < 1.29 is 9.13 Å². The Hall–Kier alpha value is -2.00. The summed E-state index contributed by atoms with van der Waals surface area (Å²) in [5.74, 6) is 1.20. The Morgan fingerprint density at radius 2 is 1.96 bits per heavy atom. The van der Waals surface area contributed by atoms with Crippen LogP contribution < -0.4 is 10.1 Å². The van der Waals surface area contributed by atoms with E-state index in [0.717, 1.165) is 34.0 Å². The number of fused-ring (bicyclic) bond motifs is 3. The first kappa shape index (κ1) is 14.6. The van der Waals surface area contributed by atoms with Crippen molar-refractivity contribution in [3.63, 3.8) is 0 Å². The van der Waals surface area contributed by atoms with Gasteiger partial charge in [0.2, 0.25) is 0 Å². The van der Waals surface area contributed by atoms with Gasteiger partial charge in [0, 0.05) is 16.5 Å². The van der Waals surface area contributed by atoms with E-state index in [-0.39, 0.29) is 17.8 Å². The maximum atomic E-state index is 13.3. The molecule has 2 aliphatic rings. The molecule has 0 saturated heterocycles. The van der Waals surface area contributed by atoms with Crippen molar-refractivity contribution >= 4 is 17.3 Å². The average Bonchev–Trinajstić information content (AvgIpc) is 3.04. The smallest absolute Gasteiger partial charge is 0.142 e. The number of methoxy groups -OCH3 is 1. The molecule has 0 radical (unpaired) electrons. The van der Waals surface area contributed by atoms with Gasteiger partial charge < -0.3 is 10.1 Å². The Balaban J connectivity index is 1.84. The maximum absolute atomic E-state index is 13.3. The molecule has 23 heavy (non-hydrogen) atoms. The Bertz CT molecular complexity index is 772. The second-order valence-electron chi connectivity index (χ2n) is 6.07. The van der Waals surface area contributed by atoms with Crippen molar-refractivity contribution in [1.82, 2.24) is 0 Å². The van der Waals surface area contributed by atoms with Crippen LogP contribution in [-0.4, -0.2) is 7.11 Å². The molecule has 0 fully saturated rings. The van der Waals surface area contributed by atoms with Gasteiger partial charge in [-0.15, -0.1) is 0 Å². The average molecular weight is 330 g/mol. The van der Waals surface area contributed by atoms with Gasteiger partial charge in [0.25, 0.3) is 0 Å². The molecule has 4 rings (SSSR count). The first-order valence-electron chi connectivity index (χ1n) is 7.74. The maximum Gasteiger partial charge on any atom is 0.142 e. The number of rotatable bonds is 2. The highest BCUT2D eigenvalue weighted by Gasteiger charge is 2.40. The highest BCUT2D eigenvalue weighted by atomic mass is 35.5. The summed E-state index contributed by atoms with van der Waals surface area (Å²) in [6, 6.07) is 10.6.